The molecule has 131 heavy (non-hydrogen) atoms. The second-order valence-corrected chi connectivity index (χ2v) is 34.3. The molecular weight excluding hydrogens is 1670 g/mol. The van der Waals surface area contributed by atoms with E-state index >= 15 is 0 Å². The van der Waals surface area contributed by atoms with Gasteiger partial charge in [0.1, 0.15) is 73.7 Å². The molecule has 0 amide bonds. The molecule has 4 aliphatic rings. The maximum absolute atomic E-state index is 10.8. The van der Waals surface area contributed by atoms with Crippen LogP contribution in [0.3, 0.4) is 0 Å². The van der Waals surface area contributed by atoms with Crippen LogP contribution in [0.2, 0.25) is 0 Å². The van der Waals surface area contributed by atoms with Gasteiger partial charge in [-0.3, -0.25) is 4.90 Å². The monoisotopic (exact) mass is 1790 g/mol. The van der Waals surface area contributed by atoms with E-state index in [-0.39, 0.29) is 47.0 Å². The first-order valence-corrected chi connectivity index (χ1v) is 43.6. The number of hydrogen-bond donors (Lipinski definition) is 8. The summed E-state index contributed by atoms with van der Waals surface area (Å²) in [4.78, 5) is 64.2. The van der Waals surface area contributed by atoms with Crippen LogP contribution in [0.5, 0.6) is 0 Å². The summed E-state index contributed by atoms with van der Waals surface area (Å²) in [6, 6.07) is 26.1. The van der Waals surface area contributed by atoms with E-state index in [1.807, 2.05) is 80.1 Å². The van der Waals surface area contributed by atoms with E-state index in [1.165, 1.54) is 45.3 Å². The largest absolute Gasteiger partial charge is 0.378 e. The Balaban J connectivity index is 0.000000140. The molecule has 0 bridgehead atoms. The van der Waals surface area contributed by atoms with Crippen LogP contribution in [-0.2, 0) is 17.7 Å². The van der Waals surface area contributed by atoms with Crippen molar-refractivity contribution in [3.8, 4) is 70.6 Å². The summed E-state index contributed by atoms with van der Waals surface area (Å²) in [5.41, 5.74) is 24.7. The molecule has 12 N–H and O–H groups in total. The first-order valence-electron chi connectivity index (χ1n) is 50.2. The van der Waals surface area contributed by atoms with Crippen molar-refractivity contribution >= 4 is 78.7 Å². The Kier molecular flexibility index (Phi) is 21.7. The van der Waals surface area contributed by atoms with Crippen LogP contribution in [0.1, 0.15) is 204 Å². The first-order chi connectivity index (χ1) is 69.1. The van der Waals surface area contributed by atoms with Crippen LogP contribution in [0.25, 0.3) is 66.9 Å². The summed E-state index contributed by atoms with van der Waals surface area (Å²) in [5.74, 6) is 25.6. The van der Waals surface area contributed by atoms with Gasteiger partial charge >= 0.3 is 0 Å². The van der Waals surface area contributed by atoms with Gasteiger partial charge in [0.05, 0.1) is 22.1 Å². The van der Waals surface area contributed by atoms with Crippen molar-refractivity contribution in [3.05, 3.63) is 238 Å². The van der Waals surface area contributed by atoms with E-state index in [9.17, 15) is 20.4 Å². The SMILES string of the molecule is CN1CCC(c2cn(-c3ccnc(N)n3)c3cc(C#CC(C)(O)c4nccs4)ncc23)CC1.Cc1cc(C(C)(O)C#Cc2cc3c(cn2)c(C2CCN(C)CC2)cn3-c2ccnc(N)n2)no1.[2H]C([2H])([2H])C(O)(C#Cc1cc2c(cn1)c(C1CCN(Cc3ccccc3)CC1)cn2-c1ccnc(N)n1)C([2H])([2H])[2H].[2H]C([2H])([2H])N1CCC(c2cn(-c3ccnc(N)n3)c3cc(C#CC(O)(C([2H])([2H])[2H])C([2H])([2H])[2H])ncc23)CC1. The Bertz CT molecular complexity index is 7480. The van der Waals surface area contributed by atoms with Gasteiger partial charge in [-0.25, -0.2) is 44.9 Å². The van der Waals surface area contributed by atoms with Gasteiger partial charge in [0.25, 0.3) is 0 Å². The minimum Gasteiger partial charge on any atom is -0.378 e. The predicted octanol–water partition coefficient (Wildman–Crippen LogP) is 11.9. The van der Waals surface area contributed by atoms with E-state index in [1.54, 1.807) is 86.7 Å². The number of fused-ring (bicyclic) bond motifs is 4. The number of benzene rings is 1. The van der Waals surface area contributed by atoms with Gasteiger partial charge in [0, 0.05) is 141 Å². The molecule has 0 aliphatic carbocycles. The third-order valence-corrected chi connectivity index (χ3v) is 24.6. The lowest BCUT2D eigenvalue weighted by Crippen LogP contribution is -2.32. The first kappa shape index (κ1) is 73.1. The minimum atomic E-state index is -3.29. The maximum atomic E-state index is 10.8. The van der Waals surface area contributed by atoms with Gasteiger partial charge in [0.15, 0.2) is 11.2 Å². The molecular formula is C99H108N26O5S. The fourth-order valence-electron chi connectivity index (χ4n) is 16.8. The zero-order chi connectivity index (χ0) is 104. The lowest BCUT2D eigenvalue weighted by atomic mass is 9.89. The van der Waals surface area contributed by atoms with Gasteiger partial charge in [-0.2, -0.15) is 19.9 Å². The van der Waals surface area contributed by atoms with Crippen molar-refractivity contribution in [1.82, 2.24) is 108 Å². The number of nitrogens with two attached hydrogens (primary N) is 4. The standard InChI is InChI=1S/C28H30N6O.C25H27N7O2.C24H25N7OS.C22H26N6O/c1-28(2,35)12-8-22-16-25-23(17-31-22)24(19-34(25)26-9-13-30-27(29)32-26)21-10-14-33(15-11-21)18-20-6-4-3-5-7-20;1-16-12-22(30-34-16)25(2,33)8-4-18-13-21-19(14-28-18)20(17-6-10-31(3)11-7-17)15-32(21)23-5-9-27-24(26)29-23;1-24(32,22-26-9-12-33-22)7-3-17-13-20-18(14-28-17)19(16-5-10-30(2)11-6-16)15-31(20)21-4-8-27-23(25)29-21;1-22(2,29)8-4-16-12-19-17(13-25-16)18(15-6-10-27(3)11-7-15)14-28(19)20-5-9-24-21(23)26-20/h3-7,9,13,16-17,19,21,35H,10-11,14-15,18H2,1-2H3,(H2,29,30,32);5,9,12-15,17,33H,6-7,10-11H2,1-3H3,(H2,26,27,29);4,8-9,12-16,32H,5-6,10-11H2,1-2H3,(H2,25,27,29);5,9,12-15,29H,6-7,10-11H2,1-3H3,(H2,23,24,26)/i1D3,2D3;;;1D3,2D3,3D3. The molecule has 14 aromatic heterocycles. The Morgan fingerprint density at radius 3 is 1.09 bits per heavy atom. The number of rotatable bonds is 12. The number of pyridine rings is 4. The van der Waals surface area contributed by atoms with E-state index in [0.717, 1.165) is 128 Å². The maximum Gasteiger partial charge on any atom is 0.221 e. The van der Waals surface area contributed by atoms with Crippen LogP contribution >= 0.6 is 11.3 Å². The third kappa shape index (κ3) is 22.1. The number of aryl methyl sites for hydroxylation is 1. The van der Waals surface area contributed by atoms with Gasteiger partial charge in [-0.05, 0) is 297 Å². The van der Waals surface area contributed by atoms with E-state index in [0.29, 0.717) is 99.9 Å². The molecule has 4 fully saturated rings. The molecule has 4 saturated heterocycles. The van der Waals surface area contributed by atoms with Crippen molar-refractivity contribution in [3.63, 3.8) is 0 Å². The molecule has 2 unspecified atom stereocenters. The van der Waals surface area contributed by atoms with Gasteiger partial charge in [-0.1, -0.05) is 59.2 Å². The topological polar surface area (TPSA) is 411 Å². The highest BCUT2D eigenvalue weighted by atomic mass is 32.1. The van der Waals surface area contributed by atoms with Gasteiger partial charge in [0.2, 0.25) is 23.8 Å². The number of aliphatic hydroxyl groups is 4. The Morgan fingerprint density at radius 2 is 0.771 bits per heavy atom. The van der Waals surface area contributed by atoms with Gasteiger partial charge < -0.3 is 80.9 Å². The average molecular weight is 1790 g/mol. The highest BCUT2D eigenvalue weighted by molar-refractivity contribution is 7.09. The normalized spacial score (nSPS) is 18.4. The molecule has 1 aromatic carbocycles. The number of likely N-dealkylation sites (tertiary alicyclic amines) is 4. The molecule has 19 rings (SSSR count). The molecule has 15 aromatic rings. The van der Waals surface area contributed by atoms with E-state index in [2.05, 4.69) is 177 Å². The minimum absolute atomic E-state index is 0.0338. The molecule has 32 heteroatoms. The van der Waals surface area contributed by atoms with Crippen molar-refractivity contribution < 1.29 is 45.5 Å². The number of anilines is 4. The zero-order valence-corrected chi connectivity index (χ0v) is 73.6. The van der Waals surface area contributed by atoms with Crippen molar-refractivity contribution in [2.24, 2.45) is 0 Å². The van der Waals surface area contributed by atoms with Crippen LogP contribution in [0.15, 0.2) is 175 Å². The molecule has 670 valence electrons. The third-order valence-electron chi connectivity index (χ3n) is 23.6. The predicted molar refractivity (Wildman–Crippen MR) is 509 cm³/mol. The summed E-state index contributed by atoms with van der Waals surface area (Å²) < 4.78 is 126. The van der Waals surface area contributed by atoms with Gasteiger partial charge in [-0.15, -0.1) is 11.3 Å². The van der Waals surface area contributed by atoms with Crippen LogP contribution in [-0.4, -0.2) is 213 Å². The van der Waals surface area contributed by atoms with Crippen LogP contribution in [0.4, 0.5) is 23.8 Å². The molecule has 2 atom stereocenters. The molecule has 31 nitrogen and oxygen atoms in total. The summed E-state index contributed by atoms with van der Waals surface area (Å²) >= 11 is 1.37. The number of nitrogen functional groups attached to an aromatic ring is 4. The molecule has 0 spiro atoms. The Labute approximate surface area is 785 Å². The number of aromatic nitrogens is 18. The fraction of sp³-hybridized carbons (Fsp3) is 0.354. The molecule has 0 saturated carbocycles. The van der Waals surface area contributed by atoms with E-state index in [4.69, 9.17) is 48.0 Å². The smallest absolute Gasteiger partial charge is 0.221 e. The number of nitrogens with zero attached hydrogens (tertiary/aromatic N) is 22. The quantitative estimate of drug-likeness (QED) is 0.0527. The molecule has 18 heterocycles. The average Bonchev–Trinajstić information content (AvgIpc) is 1.74. The second-order valence-electron chi connectivity index (χ2n) is 33.4. The van der Waals surface area contributed by atoms with Crippen molar-refractivity contribution in [2.75, 3.05) is 96.4 Å². The Hall–Kier alpha value is -13.7. The number of piperidine rings is 4. The highest BCUT2D eigenvalue weighted by Crippen LogP contribution is 2.41. The fourth-order valence-corrected chi connectivity index (χ4v) is 17.5. The summed E-state index contributed by atoms with van der Waals surface area (Å²) in [6.45, 7) is -2.41. The van der Waals surface area contributed by atoms with E-state index < -0.39 is 56.8 Å². The molecule has 4 aliphatic heterocycles. The summed E-state index contributed by atoms with van der Waals surface area (Å²) in [6.07, 6.45) is 30.6. The highest BCUT2D eigenvalue weighted by Gasteiger charge is 2.32. The molecule has 0 radical (unpaired) electrons. The van der Waals surface area contributed by atoms with Crippen molar-refractivity contribution in [2.45, 2.75) is 152 Å². The van der Waals surface area contributed by atoms with Crippen molar-refractivity contribution in [1.29, 1.82) is 0 Å². The van der Waals surface area contributed by atoms with Crippen LogP contribution in [0, 0.1) is 54.3 Å². The van der Waals surface area contributed by atoms with Crippen LogP contribution < -0.4 is 22.9 Å². The number of hydrogen-bond acceptors (Lipinski definition) is 28. The summed E-state index contributed by atoms with van der Waals surface area (Å²) in [5, 5.41) is 52.5. The summed E-state index contributed by atoms with van der Waals surface area (Å²) in [7, 11) is 4.32. The Morgan fingerprint density at radius 1 is 0.427 bits per heavy atom. The lowest BCUT2D eigenvalue weighted by Gasteiger charge is -2.32. The number of thiazole rings is 1. The lowest BCUT2D eigenvalue weighted by molar-refractivity contribution is 0.112. The zero-order valence-electron chi connectivity index (χ0n) is 87.7. The second kappa shape index (κ2) is 38.9.